The molecule has 1 heterocycles. The zero-order valence-corrected chi connectivity index (χ0v) is 20.5. The normalized spacial score (nSPS) is 17.8. The number of carboxylic acids is 1. The van der Waals surface area contributed by atoms with E-state index >= 15 is 0 Å². The molecule has 2 atom stereocenters. The van der Waals surface area contributed by atoms with Crippen molar-refractivity contribution in [3.63, 3.8) is 0 Å². The molecular weight excluding hydrogens is 477 g/mol. The Balaban J connectivity index is 1.50. The number of aliphatic carboxylic acids is 1. The molecule has 0 aliphatic carbocycles. The smallest absolute Gasteiger partial charge is 0.416 e. The van der Waals surface area contributed by atoms with Gasteiger partial charge in [0.25, 0.3) is 0 Å². The van der Waals surface area contributed by atoms with E-state index in [-0.39, 0.29) is 25.0 Å². The minimum absolute atomic E-state index is 0.0892. The van der Waals surface area contributed by atoms with Gasteiger partial charge in [0.1, 0.15) is 5.75 Å². The van der Waals surface area contributed by atoms with Gasteiger partial charge < -0.3 is 24.4 Å². The van der Waals surface area contributed by atoms with E-state index < -0.39 is 23.3 Å². The lowest BCUT2D eigenvalue weighted by molar-refractivity contribution is -0.162. The van der Waals surface area contributed by atoms with Gasteiger partial charge in [0.15, 0.2) is 5.60 Å². The molecule has 1 aliphatic rings. The van der Waals surface area contributed by atoms with Crippen molar-refractivity contribution in [2.45, 2.75) is 51.1 Å². The second-order valence-corrected chi connectivity index (χ2v) is 9.05. The summed E-state index contributed by atoms with van der Waals surface area (Å²) in [6.45, 7) is 4.64. The van der Waals surface area contributed by atoms with Crippen LogP contribution in [-0.2, 0) is 28.7 Å². The fourth-order valence-corrected chi connectivity index (χ4v) is 4.18. The first kappa shape index (κ1) is 27.3. The van der Waals surface area contributed by atoms with Crippen LogP contribution >= 0.6 is 0 Å². The van der Waals surface area contributed by atoms with Crippen molar-refractivity contribution in [1.82, 2.24) is 9.80 Å². The Labute approximate surface area is 208 Å². The maximum absolute atomic E-state index is 12.8. The number of urea groups is 1. The van der Waals surface area contributed by atoms with Crippen LogP contribution in [0.2, 0.25) is 0 Å². The summed E-state index contributed by atoms with van der Waals surface area (Å²) in [6.07, 6.45) is -3.59. The number of rotatable bonds is 11. The summed E-state index contributed by atoms with van der Waals surface area (Å²) in [6, 6.07) is 11.7. The Morgan fingerprint density at radius 1 is 1.08 bits per heavy atom. The van der Waals surface area contributed by atoms with Crippen LogP contribution in [0.4, 0.5) is 18.0 Å². The summed E-state index contributed by atoms with van der Waals surface area (Å²) in [7, 11) is 1.70. The number of likely N-dealkylation sites (N-methyl/N-ethyl adjacent to an activating group) is 1. The Morgan fingerprint density at radius 3 is 2.25 bits per heavy atom. The Hall–Kier alpha value is -3.27. The van der Waals surface area contributed by atoms with Gasteiger partial charge in [0.05, 0.1) is 18.2 Å². The van der Waals surface area contributed by atoms with E-state index in [1.165, 1.54) is 12.1 Å². The van der Waals surface area contributed by atoms with E-state index in [1.807, 2.05) is 0 Å². The second-order valence-electron chi connectivity index (χ2n) is 9.05. The third-order valence-corrected chi connectivity index (χ3v) is 6.31. The second kappa shape index (κ2) is 11.2. The number of alkyl halides is 3. The molecular formula is C26H31F3N2O5. The van der Waals surface area contributed by atoms with Gasteiger partial charge in [-0.1, -0.05) is 24.3 Å². The number of hydrogen-bond acceptors (Lipinski definition) is 4. The Morgan fingerprint density at radius 2 is 1.69 bits per heavy atom. The minimum atomic E-state index is -4.39. The summed E-state index contributed by atoms with van der Waals surface area (Å²) in [5.74, 6) is -0.395. The van der Waals surface area contributed by atoms with Crippen LogP contribution in [0, 0.1) is 0 Å². The molecule has 1 unspecified atom stereocenters. The molecule has 0 radical (unpaired) electrons. The number of amides is 2. The number of benzene rings is 2. The molecule has 1 aliphatic heterocycles. The Bertz CT molecular complexity index is 1040. The predicted molar refractivity (Wildman–Crippen MR) is 127 cm³/mol. The molecule has 0 aromatic heterocycles. The number of carboxylic acid groups (broad SMARTS) is 1. The zero-order chi connectivity index (χ0) is 26.5. The molecule has 7 nitrogen and oxygen atoms in total. The van der Waals surface area contributed by atoms with Crippen molar-refractivity contribution in [1.29, 1.82) is 0 Å². The van der Waals surface area contributed by atoms with E-state index in [0.717, 1.165) is 17.7 Å². The molecule has 1 fully saturated rings. The van der Waals surface area contributed by atoms with E-state index in [1.54, 1.807) is 55.0 Å². The maximum Gasteiger partial charge on any atom is 0.416 e. The summed E-state index contributed by atoms with van der Waals surface area (Å²) < 4.78 is 49.5. The first-order valence-electron chi connectivity index (χ1n) is 11.7. The van der Waals surface area contributed by atoms with Gasteiger partial charge in [-0.2, -0.15) is 13.2 Å². The molecule has 0 bridgehead atoms. The van der Waals surface area contributed by atoms with Crippen LogP contribution in [0.1, 0.15) is 37.0 Å². The molecule has 0 saturated carbocycles. The van der Waals surface area contributed by atoms with E-state index in [2.05, 4.69) is 0 Å². The topological polar surface area (TPSA) is 79.3 Å². The highest BCUT2D eigenvalue weighted by atomic mass is 19.4. The largest absolute Gasteiger partial charge is 0.494 e. The first-order chi connectivity index (χ1) is 16.9. The standard InChI is InChI=1S/C26H31F3N2O5/c1-4-36-25(2,23(32)33)15-18-7-11-22(12-8-18)35-14-13-21-17-31(24(34)30(21)3)16-19-5-9-20(10-6-19)26(27,28)29/h5-12,21H,4,13-17H2,1-3H3,(H,32,33)/t21-,25?/m0/s1. The van der Waals surface area contributed by atoms with Crippen molar-refractivity contribution in [2.75, 3.05) is 26.8 Å². The third-order valence-electron chi connectivity index (χ3n) is 6.31. The number of halogens is 3. The molecule has 0 spiro atoms. The highest BCUT2D eigenvalue weighted by Gasteiger charge is 2.35. The summed E-state index contributed by atoms with van der Waals surface area (Å²) >= 11 is 0. The quantitative estimate of drug-likeness (QED) is 0.470. The zero-order valence-electron chi connectivity index (χ0n) is 20.5. The van der Waals surface area contributed by atoms with Gasteiger partial charge in [-0.05, 0) is 49.2 Å². The van der Waals surface area contributed by atoms with Crippen molar-refractivity contribution >= 4 is 12.0 Å². The van der Waals surface area contributed by atoms with Gasteiger partial charge in [-0.3, -0.25) is 0 Å². The molecule has 10 heteroatoms. The van der Waals surface area contributed by atoms with Crippen LogP contribution in [0.3, 0.4) is 0 Å². The number of hydrogen-bond donors (Lipinski definition) is 1. The molecule has 3 rings (SSSR count). The molecule has 196 valence electrons. The van der Waals surface area contributed by atoms with E-state index in [0.29, 0.717) is 37.5 Å². The van der Waals surface area contributed by atoms with Crippen LogP contribution < -0.4 is 4.74 Å². The third kappa shape index (κ3) is 6.69. The molecule has 2 aromatic carbocycles. The van der Waals surface area contributed by atoms with Crippen LogP contribution in [0.5, 0.6) is 5.75 Å². The van der Waals surface area contributed by atoms with E-state index in [4.69, 9.17) is 9.47 Å². The number of ether oxygens (including phenoxy) is 2. The highest BCUT2D eigenvalue weighted by Crippen LogP contribution is 2.29. The number of carbonyl (C=O) groups excluding carboxylic acids is 1. The number of nitrogens with zero attached hydrogens (tertiary/aromatic N) is 2. The lowest BCUT2D eigenvalue weighted by atomic mass is 9.96. The van der Waals surface area contributed by atoms with Gasteiger partial charge in [-0.15, -0.1) is 0 Å². The van der Waals surface area contributed by atoms with Gasteiger partial charge in [-0.25, -0.2) is 9.59 Å². The summed E-state index contributed by atoms with van der Waals surface area (Å²) in [5.41, 5.74) is -0.585. The average Bonchev–Trinajstić information content (AvgIpc) is 3.08. The van der Waals surface area contributed by atoms with Gasteiger partial charge in [0.2, 0.25) is 0 Å². The summed E-state index contributed by atoms with van der Waals surface area (Å²) in [4.78, 5) is 27.4. The Kier molecular flexibility index (Phi) is 8.50. The fraction of sp³-hybridized carbons (Fsp3) is 0.462. The molecule has 2 aromatic rings. The van der Waals surface area contributed by atoms with Crippen molar-refractivity contribution in [3.8, 4) is 5.75 Å². The maximum atomic E-state index is 12.8. The lowest BCUT2D eigenvalue weighted by Gasteiger charge is -2.24. The van der Waals surface area contributed by atoms with Crippen molar-refractivity contribution in [2.24, 2.45) is 0 Å². The fourth-order valence-electron chi connectivity index (χ4n) is 4.18. The van der Waals surface area contributed by atoms with Crippen LogP contribution in [0.25, 0.3) is 0 Å². The molecule has 1 N–H and O–H groups in total. The van der Waals surface area contributed by atoms with Gasteiger partial charge in [0, 0.05) is 39.6 Å². The molecule has 36 heavy (non-hydrogen) atoms. The molecule has 2 amide bonds. The van der Waals surface area contributed by atoms with Gasteiger partial charge >= 0.3 is 18.2 Å². The lowest BCUT2D eigenvalue weighted by Crippen LogP contribution is -2.40. The first-order valence-corrected chi connectivity index (χ1v) is 11.7. The monoisotopic (exact) mass is 508 g/mol. The average molecular weight is 509 g/mol. The SMILES string of the molecule is CCOC(C)(Cc1ccc(OCC[C@H]2CN(Cc3ccc(C(F)(F)F)cc3)C(=O)N2C)cc1)C(=O)O. The van der Waals surface area contributed by atoms with E-state index in [9.17, 15) is 27.9 Å². The van der Waals surface area contributed by atoms with Crippen LogP contribution in [-0.4, -0.2) is 65.4 Å². The number of carbonyl (C=O) groups is 2. The minimum Gasteiger partial charge on any atom is -0.494 e. The van der Waals surface area contributed by atoms with Crippen molar-refractivity contribution < 1.29 is 37.3 Å². The highest BCUT2D eigenvalue weighted by molar-refractivity contribution is 5.77. The van der Waals surface area contributed by atoms with Crippen molar-refractivity contribution in [3.05, 3.63) is 65.2 Å². The predicted octanol–water partition coefficient (Wildman–Crippen LogP) is 4.83. The van der Waals surface area contributed by atoms with Crippen LogP contribution in [0.15, 0.2) is 48.5 Å². The molecule has 1 saturated heterocycles. The summed E-state index contributed by atoms with van der Waals surface area (Å²) in [5, 5.41) is 9.46.